The van der Waals surface area contributed by atoms with Gasteiger partial charge >= 0.3 is 6.03 Å². The fraction of sp³-hybridized carbons (Fsp3) is 0.375. The number of hydrogen-bond donors (Lipinski definition) is 2. The molecule has 2 aliphatic rings. The number of ether oxygens (including phenoxy) is 2. The number of nitrogens with two attached hydrogens (primary N) is 1. The van der Waals surface area contributed by atoms with Gasteiger partial charge in [-0.2, -0.15) is 0 Å². The number of rotatable bonds is 7. The molecule has 1 fully saturated rings. The van der Waals surface area contributed by atoms with E-state index in [1.165, 1.54) is 0 Å². The standard InChI is InChI=1S/C24H28N4O4/c25-24(29)26-23-18(17-6-1-2-9-20(17)32-23)7-3-4-11-27-12-14-28(15-13-27)19-8-5-10-21-22(19)31-16-30-21/h1-2,5-6,8-10H,3-4,7,11-16H2,(H3,25,26,29). The Morgan fingerprint density at radius 1 is 1.00 bits per heavy atom. The topological polar surface area (TPSA) is 93.2 Å². The molecule has 2 aliphatic heterocycles. The number of benzene rings is 2. The normalized spacial score (nSPS) is 15.9. The molecule has 0 bridgehead atoms. The van der Waals surface area contributed by atoms with Gasteiger partial charge in [0.15, 0.2) is 11.5 Å². The third-order valence-electron chi connectivity index (χ3n) is 6.17. The van der Waals surface area contributed by atoms with E-state index < -0.39 is 6.03 Å². The van der Waals surface area contributed by atoms with E-state index >= 15 is 0 Å². The summed E-state index contributed by atoms with van der Waals surface area (Å²) in [4.78, 5) is 16.2. The molecule has 8 heteroatoms. The number of primary amides is 1. The molecular formula is C24H28N4O4. The van der Waals surface area contributed by atoms with Crippen molar-refractivity contribution in [2.75, 3.05) is 49.7 Å². The number of nitrogens with one attached hydrogen (secondary N) is 1. The molecule has 0 saturated carbocycles. The van der Waals surface area contributed by atoms with Crippen LogP contribution in [-0.4, -0.2) is 50.4 Å². The number of piperazine rings is 1. The minimum atomic E-state index is -0.607. The van der Waals surface area contributed by atoms with Crippen molar-refractivity contribution in [3.63, 3.8) is 0 Å². The van der Waals surface area contributed by atoms with Gasteiger partial charge in [-0.05, 0) is 44.0 Å². The second-order valence-corrected chi connectivity index (χ2v) is 8.19. The summed E-state index contributed by atoms with van der Waals surface area (Å²) < 4.78 is 17.0. The van der Waals surface area contributed by atoms with Gasteiger partial charge in [-0.1, -0.05) is 24.3 Å². The Kier molecular flexibility index (Phi) is 5.77. The maximum atomic E-state index is 11.4. The Morgan fingerprint density at radius 3 is 2.69 bits per heavy atom. The first-order valence-corrected chi connectivity index (χ1v) is 11.1. The third-order valence-corrected chi connectivity index (χ3v) is 6.17. The summed E-state index contributed by atoms with van der Waals surface area (Å²) in [6, 6.07) is 13.3. The van der Waals surface area contributed by atoms with Crippen molar-refractivity contribution in [1.29, 1.82) is 0 Å². The fourth-order valence-corrected chi connectivity index (χ4v) is 4.57. The van der Waals surface area contributed by atoms with Crippen LogP contribution in [-0.2, 0) is 6.42 Å². The van der Waals surface area contributed by atoms with E-state index in [1.807, 2.05) is 36.4 Å². The van der Waals surface area contributed by atoms with Gasteiger partial charge in [0, 0.05) is 37.1 Å². The zero-order chi connectivity index (χ0) is 21.9. The lowest BCUT2D eigenvalue weighted by Crippen LogP contribution is -2.46. The van der Waals surface area contributed by atoms with Crippen molar-refractivity contribution < 1.29 is 18.7 Å². The molecule has 5 rings (SSSR count). The van der Waals surface area contributed by atoms with E-state index in [-0.39, 0.29) is 0 Å². The van der Waals surface area contributed by atoms with Gasteiger partial charge in [-0.3, -0.25) is 10.2 Å². The van der Waals surface area contributed by atoms with Crippen LogP contribution in [0.3, 0.4) is 0 Å². The van der Waals surface area contributed by atoms with Crippen LogP contribution >= 0.6 is 0 Å². The highest BCUT2D eigenvalue weighted by Crippen LogP contribution is 2.41. The second-order valence-electron chi connectivity index (χ2n) is 8.19. The lowest BCUT2D eigenvalue weighted by atomic mass is 10.1. The SMILES string of the molecule is NC(=O)Nc1oc2ccccc2c1CCCCN1CCN(c2cccc3c2OCO3)CC1. The van der Waals surface area contributed by atoms with Crippen LogP contribution in [0.15, 0.2) is 46.9 Å². The average Bonchev–Trinajstić information content (AvgIpc) is 3.41. The molecule has 2 aromatic carbocycles. The molecule has 0 spiro atoms. The summed E-state index contributed by atoms with van der Waals surface area (Å²) in [5.74, 6) is 2.17. The van der Waals surface area contributed by atoms with Crippen LogP contribution < -0.4 is 25.4 Å². The molecule has 0 unspecified atom stereocenters. The van der Waals surface area contributed by atoms with Crippen LogP contribution in [0.4, 0.5) is 16.4 Å². The van der Waals surface area contributed by atoms with Gasteiger partial charge in [-0.25, -0.2) is 4.79 Å². The molecule has 3 N–H and O–H groups in total. The van der Waals surface area contributed by atoms with Crippen LogP contribution in [0.2, 0.25) is 0 Å². The Labute approximate surface area is 186 Å². The Balaban J connectivity index is 1.13. The summed E-state index contributed by atoms with van der Waals surface area (Å²) in [7, 11) is 0. The Hall–Kier alpha value is -3.39. The zero-order valence-corrected chi connectivity index (χ0v) is 18.0. The maximum Gasteiger partial charge on any atom is 0.318 e. The molecule has 3 aromatic rings. The number of aryl methyl sites for hydroxylation is 1. The quantitative estimate of drug-likeness (QED) is 0.548. The molecule has 0 aliphatic carbocycles. The lowest BCUT2D eigenvalue weighted by molar-refractivity contribution is 0.174. The van der Waals surface area contributed by atoms with Crippen LogP contribution in [0.1, 0.15) is 18.4 Å². The van der Waals surface area contributed by atoms with E-state index in [4.69, 9.17) is 19.6 Å². The van der Waals surface area contributed by atoms with Gasteiger partial charge in [0.2, 0.25) is 12.7 Å². The predicted molar refractivity (Wildman–Crippen MR) is 124 cm³/mol. The molecule has 168 valence electrons. The number of carbonyl (C=O) groups excluding carboxylic acids is 1. The minimum Gasteiger partial charge on any atom is -0.454 e. The van der Waals surface area contributed by atoms with Crippen molar-refractivity contribution >= 4 is 28.6 Å². The molecule has 8 nitrogen and oxygen atoms in total. The highest BCUT2D eigenvalue weighted by Gasteiger charge is 2.24. The van der Waals surface area contributed by atoms with Crippen molar-refractivity contribution in [3.05, 3.63) is 48.0 Å². The summed E-state index contributed by atoms with van der Waals surface area (Å²) >= 11 is 0. The predicted octanol–water partition coefficient (Wildman–Crippen LogP) is 3.80. The van der Waals surface area contributed by atoms with Gasteiger partial charge < -0.3 is 24.5 Å². The van der Waals surface area contributed by atoms with Crippen LogP contribution in [0.5, 0.6) is 11.5 Å². The first-order chi connectivity index (χ1) is 15.7. The first-order valence-electron chi connectivity index (χ1n) is 11.1. The largest absolute Gasteiger partial charge is 0.454 e. The molecule has 2 amide bonds. The maximum absolute atomic E-state index is 11.4. The van der Waals surface area contributed by atoms with E-state index in [1.54, 1.807) is 0 Å². The number of hydrogen-bond acceptors (Lipinski definition) is 6. The van der Waals surface area contributed by atoms with Gasteiger partial charge in [-0.15, -0.1) is 0 Å². The smallest absolute Gasteiger partial charge is 0.318 e. The number of nitrogens with zero attached hydrogens (tertiary/aromatic N) is 2. The second kappa shape index (κ2) is 9.00. The summed E-state index contributed by atoms with van der Waals surface area (Å²) in [6.07, 6.45) is 2.92. The van der Waals surface area contributed by atoms with Crippen molar-refractivity contribution in [3.8, 4) is 11.5 Å². The molecule has 32 heavy (non-hydrogen) atoms. The number of anilines is 2. The van der Waals surface area contributed by atoms with Crippen LogP contribution in [0, 0.1) is 0 Å². The first kappa shape index (κ1) is 20.5. The number of unbranched alkanes of at least 4 members (excludes halogenated alkanes) is 1. The number of furan rings is 1. The van der Waals surface area contributed by atoms with Crippen LogP contribution in [0.25, 0.3) is 11.0 Å². The Bertz CT molecular complexity index is 1100. The number of carbonyl (C=O) groups is 1. The monoisotopic (exact) mass is 436 g/mol. The van der Waals surface area contributed by atoms with Crippen molar-refractivity contribution in [1.82, 2.24) is 4.90 Å². The number of fused-ring (bicyclic) bond motifs is 2. The molecule has 0 atom stereocenters. The number of para-hydroxylation sites is 2. The third kappa shape index (κ3) is 4.18. The van der Waals surface area contributed by atoms with Gasteiger partial charge in [0.1, 0.15) is 5.58 Å². The average molecular weight is 437 g/mol. The summed E-state index contributed by atoms with van der Waals surface area (Å²) in [6.45, 7) is 5.34. The molecule has 0 radical (unpaired) electrons. The van der Waals surface area contributed by atoms with Crippen molar-refractivity contribution in [2.45, 2.75) is 19.3 Å². The minimum absolute atomic E-state index is 0.301. The number of urea groups is 1. The zero-order valence-electron chi connectivity index (χ0n) is 18.0. The van der Waals surface area contributed by atoms with E-state index in [2.05, 4.69) is 21.2 Å². The summed E-state index contributed by atoms with van der Waals surface area (Å²) in [5, 5.41) is 3.66. The molecule has 1 aromatic heterocycles. The molecular weight excluding hydrogens is 408 g/mol. The highest BCUT2D eigenvalue weighted by molar-refractivity contribution is 5.93. The molecule has 1 saturated heterocycles. The molecule has 3 heterocycles. The fourth-order valence-electron chi connectivity index (χ4n) is 4.57. The lowest BCUT2D eigenvalue weighted by Gasteiger charge is -2.36. The summed E-state index contributed by atoms with van der Waals surface area (Å²) in [5.41, 5.74) is 8.23. The van der Waals surface area contributed by atoms with E-state index in [9.17, 15) is 4.79 Å². The van der Waals surface area contributed by atoms with Gasteiger partial charge in [0.25, 0.3) is 0 Å². The van der Waals surface area contributed by atoms with Gasteiger partial charge in [0.05, 0.1) is 5.69 Å². The van der Waals surface area contributed by atoms with E-state index in [0.717, 1.165) is 85.7 Å². The van der Waals surface area contributed by atoms with Crippen molar-refractivity contribution in [2.24, 2.45) is 5.73 Å². The Morgan fingerprint density at radius 2 is 1.84 bits per heavy atom. The highest BCUT2D eigenvalue weighted by atomic mass is 16.7. The van der Waals surface area contributed by atoms with E-state index in [0.29, 0.717) is 12.7 Å². The number of amides is 2.